The summed E-state index contributed by atoms with van der Waals surface area (Å²) in [6.45, 7) is 8.64. The summed E-state index contributed by atoms with van der Waals surface area (Å²) in [4.78, 5) is 0. The van der Waals surface area contributed by atoms with E-state index in [1.807, 2.05) is 12.1 Å². The molecular weight excluding hydrogens is 222 g/mol. The van der Waals surface area contributed by atoms with E-state index in [1.165, 1.54) is 28.1 Å². The van der Waals surface area contributed by atoms with E-state index < -0.39 is 0 Å². The summed E-state index contributed by atoms with van der Waals surface area (Å²) in [6, 6.07) is 8.28. The molecule has 1 aromatic rings. The number of hydrogen-bond acceptors (Lipinski definition) is 2. The Balaban J connectivity index is 2.57. The number of allylic oxidation sites excluding steroid dienone is 4. The third-order valence-electron chi connectivity index (χ3n) is 3.87. The molecule has 1 aliphatic heterocycles. The summed E-state index contributed by atoms with van der Waals surface area (Å²) in [6.07, 6.45) is 0. The number of methoxy groups -OCH3 is 1. The van der Waals surface area contributed by atoms with E-state index in [1.54, 1.807) is 7.11 Å². The zero-order chi connectivity index (χ0) is 13.3. The van der Waals surface area contributed by atoms with Gasteiger partial charge in [0.05, 0.1) is 7.11 Å². The molecule has 1 aromatic carbocycles. The maximum Gasteiger partial charge on any atom is 0.122 e. The van der Waals surface area contributed by atoms with Crippen LogP contribution >= 0.6 is 0 Å². The van der Waals surface area contributed by atoms with Crippen LogP contribution in [0.15, 0.2) is 46.8 Å². The number of para-hydroxylation sites is 1. The summed E-state index contributed by atoms with van der Waals surface area (Å²) < 4.78 is 5.50. The van der Waals surface area contributed by atoms with Crippen molar-refractivity contribution in [1.82, 2.24) is 5.32 Å². The Hall–Kier alpha value is -1.70. The van der Waals surface area contributed by atoms with Crippen LogP contribution in [0.5, 0.6) is 5.75 Å². The normalized spacial score (nSPS) is 16.9. The number of benzene rings is 1. The number of rotatable bonds is 2. The molecule has 0 saturated heterocycles. The number of hydrogen-bond donors (Lipinski definition) is 1. The molecule has 1 aliphatic rings. The van der Waals surface area contributed by atoms with Crippen LogP contribution in [-0.2, 0) is 0 Å². The van der Waals surface area contributed by atoms with Gasteiger partial charge in [0.15, 0.2) is 0 Å². The fraction of sp³-hybridized carbons (Fsp3) is 0.375. The van der Waals surface area contributed by atoms with Crippen LogP contribution in [0.25, 0.3) is 0 Å². The number of ether oxygens (including phenoxy) is 1. The van der Waals surface area contributed by atoms with Crippen molar-refractivity contribution in [2.75, 3.05) is 7.11 Å². The molecule has 0 bridgehead atoms. The van der Waals surface area contributed by atoms with Gasteiger partial charge in [-0.1, -0.05) is 18.2 Å². The lowest BCUT2D eigenvalue weighted by atomic mass is 9.82. The lowest BCUT2D eigenvalue weighted by molar-refractivity contribution is 0.408. The Morgan fingerprint density at radius 1 is 0.944 bits per heavy atom. The maximum absolute atomic E-state index is 5.50. The van der Waals surface area contributed by atoms with Crippen molar-refractivity contribution in [3.63, 3.8) is 0 Å². The molecule has 96 valence electrons. The molecule has 2 nitrogen and oxygen atoms in total. The Labute approximate surface area is 109 Å². The van der Waals surface area contributed by atoms with E-state index in [-0.39, 0.29) is 0 Å². The highest BCUT2D eigenvalue weighted by molar-refractivity contribution is 5.49. The fourth-order valence-electron chi connectivity index (χ4n) is 2.61. The van der Waals surface area contributed by atoms with Crippen LogP contribution in [0, 0.1) is 0 Å². The molecule has 0 radical (unpaired) electrons. The molecule has 0 fully saturated rings. The van der Waals surface area contributed by atoms with Crippen LogP contribution in [0.2, 0.25) is 0 Å². The van der Waals surface area contributed by atoms with E-state index in [4.69, 9.17) is 4.74 Å². The molecule has 0 aliphatic carbocycles. The molecular formula is C16H21NO. The van der Waals surface area contributed by atoms with Crippen molar-refractivity contribution in [2.45, 2.75) is 33.6 Å². The average Bonchev–Trinajstić information content (AvgIpc) is 2.37. The van der Waals surface area contributed by atoms with Gasteiger partial charge in [0.25, 0.3) is 0 Å². The average molecular weight is 243 g/mol. The smallest absolute Gasteiger partial charge is 0.122 e. The van der Waals surface area contributed by atoms with Crippen molar-refractivity contribution < 1.29 is 4.74 Å². The van der Waals surface area contributed by atoms with Gasteiger partial charge < -0.3 is 10.1 Å². The second-order valence-corrected chi connectivity index (χ2v) is 4.92. The third kappa shape index (κ3) is 2.03. The first kappa shape index (κ1) is 12.7. The first-order valence-electron chi connectivity index (χ1n) is 6.31. The van der Waals surface area contributed by atoms with Gasteiger partial charge in [0.1, 0.15) is 5.75 Å². The predicted molar refractivity (Wildman–Crippen MR) is 75.6 cm³/mol. The van der Waals surface area contributed by atoms with E-state index in [0.717, 1.165) is 5.75 Å². The number of nitrogens with one attached hydrogen (secondary N) is 1. The summed E-state index contributed by atoms with van der Waals surface area (Å²) >= 11 is 0. The minimum atomic E-state index is 0.322. The molecule has 0 spiro atoms. The molecule has 0 saturated carbocycles. The fourth-order valence-corrected chi connectivity index (χ4v) is 2.61. The van der Waals surface area contributed by atoms with E-state index in [9.17, 15) is 0 Å². The van der Waals surface area contributed by atoms with Crippen LogP contribution in [-0.4, -0.2) is 7.11 Å². The van der Waals surface area contributed by atoms with E-state index in [2.05, 4.69) is 45.1 Å². The van der Waals surface area contributed by atoms with E-state index >= 15 is 0 Å². The zero-order valence-electron chi connectivity index (χ0n) is 11.8. The summed E-state index contributed by atoms with van der Waals surface area (Å²) in [5.41, 5.74) is 6.46. The van der Waals surface area contributed by atoms with Gasteiger partial charge in [-0.3, -0.25) is 0 Å². The van der Waals surface area contributed by atoms with Gasteiger partial charge in [0, 0.05) is 22.9 Å². The Morgan fingerprint density at radius 2 is 1.50 bits per heavy atom. The Kier molecular flexibility index (Phi) is 3.46. The molecule has 0 aromatic heterocycles. The Morgan fingerprint density at radius 3 is 2.06 bits per heavy atom. The van der Waals surface area contributed by atoms with Crippen LogP contribution in [0.4, 0.5) is 0 Å². The minimum absolute atomic E-state index is 0.322. The SMILES string of the molecule is COc1ccccc1C1C(C)=C(C)NC(C)=C1C. The molecule has 2 heteroatoms. The molecule has 2 rings (SSSR count). The van der Waals surface area contributed by atoms with E-state index in [0.29, 0.717) is 5.92 Å². The van der Waals surface area contributed by atoms with Gasteiger partial charge in [-0.25, -0.2) is 0 Å². The van der Waals surface area contributed by atoms with Crippen LogP contribution < -0.4 is 10.1 Å². The first-order valence-corrected chi connectivity index (χ1v) is 6.31. The highest BCUT2D eigenvalue weighted by Crippen LogP contribution is 2.40. The topological polar surface area (TPSA) is 21.3 Å². The molecule has 1 heterocycles. The van der Waals surface area contributed by atoms with Gasteiger partial charge in [0.2, 0.25) is 0 Å². The van der Waals surface area contributed by atoms with Crippen LogP contribution in [0.1, 0.15) is 39.2 Å². The van der Waals surface area contributed by atoms with Crippen molar-refractivity contribution in [1.29, 1.82) is 0 Å². The highest BCUT2D eigenvalue weighted by atomic mass is 16.5. The minimum Gasteiger partial charge on any atom is -0.496 e. The lowest BCUT2D eigenvalue weighted by Crippen LogP contribution is -2.22. The van der Waals surface area contributed by atoms with Gasteiger partial charge in [-0.05, 0) is 44.9 Å². The molecule has 1 N–H and O–H groups in total. The van der Waals surface area contributed by atoms with Gasteiger partial charge >= 0.3 is 0 Å². The highest BCUT2D eigenvalue weighted by Gasteiger charge is 2.25. The van der Waals surface area contributed by atoms with Gasteiger partial charge in [-0.15, -0.1) is 0 Å². The summed E-state index contributed by atoms with van der Waals surface area (Å²) in [5, 5.41) is 3.43. The maximum atomic E-state index is 5.50. The molecule has 18 heavy (non-hydrogen) atoms. The predicted octanol–water partition coefficient (Wildman–Crippen LogP) is 3.97. The molecule has 0 atom stereocenters. The summed E-state index contributed by atoms with van der Waals surface area (Å²) in [7, 11) is 1.73. The van der Waals surface area contributed by atoms with Crippen molar-refractivity contribution in [3.05, 3.63) is 52.4 Å². The van der Waals surface area contributed by atoms with Crippen molar-refractivity contribution >= 4 is 0 Å². The number of dihydropyridines is 1. The first-order chi connectivity index (χ1) is 8.56. The standard InChI is InChI=1S/C16H21NO/c1-10-12(3)17-13(4)11(2)16(10)14-8-6-7-9-15(14)18-5/h6-9,16-17H,1-5H3. The molecule has 0 unspecified atom stereocenters. The lowest BCUT2D eigenvalue weighted by Gasteiger charge is -2.30. The quantitative estimate of drug-likeness (QED) is 0.848. The summed E-state index contributed by atoms with van der Waals surface area (Å²) in [5.74, 6) is 1.28. The van der Waals surface area contributed by atoms with Gasteiger partial charge in [-0.2, -0.15) is 0 Å². The van der Waals surface area contributed by atoms with Crippen molar-refractivity contribution in [3.8, 4) is 5.75 Å². The monoisotopic (exact) mass is 243 g/mol. The largest absolute Gasteiger partial charge is 0.496 e. The Bertz CT molecular complexity index is 502. The zero-order valence-corrected chi connectivity index (χ0v) is 11.8. The third-order valence-corrected chi connectivity index (χ3v) is 3.87. The van der Waals surface area contributed by atoms with Crippen molar-refractivity contribution in [2.24, 2.45) is 0 Å². The van der Waals surface area contributed by atoms with Crippen LogP contribution in [0.3, 0.4) is 0 Å². The second-order valence-electron chi connectivity index (χ2n) is 4.92. The molecule has 0 amide bonds. The second kappa shape index (κ2) is 4.89.